The molecule has 8 heteroatoms. The fourth-order valence-corrected chi connectivity index (χ4v) is 1.93. The van der Waals surface area contributed by atoms with E-state index in [0.717, 1.165) is 16.8 Å². The maximum absolute atomic E-state index is 12.0. The van der Waals surface area contributed by atoms with Crippen molar-refractivity contribution in [2.24, 2.45) is 0 Å². The van der Waals surface area contributed by atoms with Gasteiger partial charge in [0, 0.05) is 19.2 Å². The number of carbonyl (C=O) groups excluding carboxylic acids is 1. The zero-order valence-electron chi connectivity index (χ0n) is 10.6. The lowest BCUT2D eigenvalue weighted by Crippen LogP contribution is -2.36. The number of halogens is 1. The lowest BCUT2D eigenvalue weighted by Gasteiger charge is -2.16. The molecule has 0 aromatic carbocycles. The number of amides is 1. The molecule has 2 rings (SSSR count). The molecule has 2 aromatic rings. The second-order valence-corrected chi connectivity index (χ2v) is 4.97. The van der Waals surface area contributed by atoms with Crippen LogP contribution in [0.2, 0.25) is 0 Å². The maximum atomic E-state index is 12.0. The highest BCUT2D eigenvalue weighted by atomic mass is 79.9. The molecule has 1 amide bonds. The van der Waals surface area contributed by atoms with Crippen LogP contribution in [0, 0.1) is 0 Å². The molecule has 2 heterocycles. The normalized spacial score (nSPS) is 10.5. The molecule has 0 fully saturated rings. The van der Waals surface area contributed by atoms with E-state index in [2.05, 4.69) is 21.0 Å². The average Bonchev–Trinajstić information content (AvgIpc) is 2.79. The number of rotatable bonds is 4. The van der Waals surface area contributed by atoms with Crippen LogP contribution >= 0.6 is 15.9 Å². The van der Waals surface area contributed by atoms with Crippen molar-refractivity contribution in [1.82, 2.24) is 14.7 Å². The highest BCUT2D eigenvalue weighted by Crippen LogP contribution is 2.15. The second-order valence-electron chi connectivity index (χ2n) is 4.19. The lowest BCUT2D eigenvalue weighted by atomic mass is 10.4. The highest BCUT2D eigenvalue weighted by Gasteiger charge is 2.13. The summed E-state index contributed by atoms with van der Waals surface area (Å²) in [7, 11) is 1.59. The van der Waals surface area contributed by atoms with Crippen LogP contribution in [0.15, 0.2) is 42.9 Å². The Morgan fingerprint density at radius 2 is 2.10 bits per heavy atom. The molecule has 7 nitrogen and oxygen atoms in total. The van der Waals surface area contributed by atoms with Gasteiger partial charge >= 0.3 is 0 Å². The summed E-state index contributed by atoms with van der Waals surface area (Å²) in [5.41, 5.74) is -0.873. The van der Waals surface area contributed by atoms with Gasteiger partial charge in [0.2, 0.25) is 5.91 Å². The van der Waals surface area contributed by atoms with Crippen molar-refractivity contribution >= 4 is 21.8 Å². The summed E-state index contributed by atoms with van der Waals surface area (Å²) >= 11 is 3.18. The van der Waals surface area contributed by atoms with Crippen LogP contribution in [0.4, 0.5) is 0 Å². The number of hydrogen-bond donors (Lipinski definition) is 1. The van der Waals surface area contributed by atoms with Crippen molar-refractivity contribution < 1.29 is 9.21 Å². The number of carbonyl (C=O) groups is 1. The van der Waals surface area contributed by atoms with Gasteiger partial charge in [0.1, 0.15) is 12.3 Å². The first-order valence-electron chi connectivity index (χ1n) is 5.74. The van der Waals surface area contributed by atoms with Crippen molar-refractivity contribution in [3.63, 3.8) is 0 Å². The van der Waals surface area contributed by atoms with E-state index in [0.29, 0.717) is 10.4 Å². The Balaban J connectivity index is 2.06. The zero-order valence-corrected chi connectivity index (χ0v) is 12.2. The molecule has 0 atom stereocenters. The maximum Gasteiger partial charge on any atom is 0.265 e. The summed E-state index contributed by atoms with van der Waals surface area (Å²) < 4.78 is 6.85. The third-order valence-corrected chi connectivity index (χ3v) is 3.06. The molecule has 0 radical (unpaired) electrons. The van der Waals surface area contributed by atoms with Crippen LogP contribution in [0.1, 0.15) is 5.76 Å². The monoisotopic (exact) mass is 341 g/mol. The van der Waals surface area contributed by atoms with Gasteiger partial charge in [0.15, 0.2) is 4.67 Å². The van der Waals surface area contributed by atoms with Gasteiger partial charge < -0.3 is 9.32 Å². The summed E-state index contributed by atoms with van der Waals surface area (Å²) in [6.45, 7) is 0.0452. The Labute approximate surface area is 121 Å². The number of nitrogens with zero attached hydrogens (tertiary/aromatic N) is 2. The van der Waals surface area contributed by atoms with Crippen LogP contribution in [0.5, 0.6) is 0 Å². The van der Waals surface area contributed by atoms with Crippen molar-refractivity contribution in [2.45, 2.75) is 13.1 Å². The van der Waals surface area contributed by atoms with Gasteiger partial charge in [-0.25, -0.2) is 4.68 Å². The predicted octanol–water partition coefficient (Wildman–Crippen LogP) is 0.551. The fourth-order valence-electron chi connectivity index (χ4n) is 1.59. The van der Waals surface area contributed by atoms with E-state index in [1.807, 2.05) is 0 Å². The molecule has 1 N–H and O–H groups in total. The number of aromatic amines is 1. The number of aromatic nitrogens is 2. The molecule has 106 valence electrons. The summed E-state index contributed by atoms with van der Waals surface area (Å²) in [6, 6.07) is 5.71. The lowest BCUT2D eigenvalue weighted by molar-refractivity contribution is -0.131. The Bertz CT molecular complexity index is 731. The summed E-state index contributed by atoms with van der Waals surface area (Å²) in [4.78, 5) is 36.0. The SMILES string of the molecule is CN(Cc1ccc(Br)o1)C(=O)Cn1[nH]c(=O)ccc1=O. The Hall–Kier alpha value is -2.09. The molecule has 0 aliphatic rings. The van der Waals surface area contributed by atoms with Crippen molar-refractivity contribution in [3.8, 4) is 0 Å². The fraction of sp³-hybridized carbons (Fsp3) is 0.250. The van der Waals surface area contributed by atoms with E-state index in [1.54, 1.807) is 19.2 Å². The van der Waals surface area contributed by atoms with Crippen LogP contribution in [-0.2, 0) is 17.9 Å². The Morgan fingerprint density at radius 1 is 1.35 bits per heavy atom. The largest absolute Gasteiger partial charge is 0.452 e. The topological polar surface area (TPSA) is 88.3 Å². The van der Waals surface area contributed by atoms with Crippen LogP contribution in [0.25, 0.3) is 0 Å². The minimum Gasteiger partial charge on any atom is -0.452 e. The summed E-state index contributed by atoms with van der Waals surface area (Å²) in [5, 5.41) is 2.30. The number of hydrogen-bond acceptors (Lipinski definition) is 4. The van der Waals surface area contributed by atoms with Gasteiger partial charge in [-0.1, -0.05) is 0 Å². The van der Waals surface area contributed by atoms with Gasteiger partial charge in [-0.05, 0) is 28.1 Å². The Kier molecular flexibility index (Phi) is 4.23. The van der Waals surface area contributed by atoms with Crippen LogP contribution in [0.3, 0.4) is 0 Å². The first-order chi connectivity index (χ1) is 9.45. The molecule has 0 aliphatic heterocycles. The van der Waals surface area contributed by atoms with E-state index >= 15 is 0 Å². The molecular weight excluding hydrogens is 330 g/mol. The van der Waals surface area contributed by atoms with Crippen molar-refractivity contribution in [1.29, 1.82) is 0 Å². The summed E-state index contributed by atoms with van der Waals surface area (Å²) in [6.07, 6.45) is 0. The van der Waals surface area contributed by atoms with Gasteiger partial charge in [-0.3, -0.25) is 19.5 Å². The molecule has 2 aromatic heterocycles. The zero-order chi connectivity index (χ0) is 14.7. The number of likely N-dealkylation sites (N-methyl/N-ethyl adjacent to an activating group) is 1. The standard InChI is InChI=1S/C12H12BrN3O4/c1-15(6-8-2-3-9(13)20-8)12(19)7-16-11(18)5-4-10(17)14-16/h2-5H,6-7H2,1H3,(H,14,17). The average molecular weight is 342 g/mol. The quantitative estimate of drug-likeness (QED) is 0.879. The van der Waals surface area contributed by atoms with E-state index in [4.69, 9.17) is 4.42 Å². The van der Waals surface area contributed by atoms with Crippen LogP contribution in [-0.4, -0.2) is 27.6 Å². The van der Waals surface area contributed by atoms with Gasteiger partial charge in [0.05, 0.1) is 6.54 Å². The smallest absolute Gasteiger partial charge is 0.265 e. The number of H-pyrrole nitrogens is 1. The van der Waals surface area contributed by atoms with Gasteiger partial charge in [-0.2, -0.15) is 0 Å². The third-order valence-electron chi connectivity index (χ3n) is 2.63. The number of furan rings is 1. The van der Waals surface area contributed by atoms with Gasteiger partial charge in [-0.15, -0.1) is 0 Å². The van der Waals surface area contributed by atoms with E-state index in [-0.39, 0.29) is 19.0 Å². The molecule has 0 unspecified atom stereocenters. The second kappa shape index (κ2) is 5.91. The first-order valence-corrected chi connectivity index (χ1v) is 6.53. The molecule has 0 bridgehead atoms. The summed E-state index contributed by atoms with van der Waals surface area (Å²) in [5.74, 6) is 0.295. The minimum atomic E-state index is -0.438. The van der Waals surface area contributed by atoms with E-state index in [1.165, 1.54) is 4.90 Å². The molecule has 0 spiro atoms. The molecular formula is C12H12BrN3O4. The molecule has 0 aliphatic carbocycles. The minimum absolute atomic E-state index is 0.229. The predicted molar refractivity (Wildman–Crippen MR) is 74.2 cm³/mol. The molecule has 0 saturated carbocycles. The van der Waals surface area contributed by atoms with Crippen LogP contribution < -0.4 is 11.1 Å². The molecule has 20 heavy (non-hydrogen) atoms. The van der Waals surface area contributed by atoms with E-state index < -0.39 is 11.1 Å². The van der Waals surface area contributed by atoms with Crippen molar-refractivity contribution in [2.75, 3.05) is 7.05 Å². The van der Waals surface area contributed by atoms with Crippen molar-refractivity contribution in [3.05, 3.63) is 55.4 Å². The molecule has 0 saturated heterocycles. The first kappa shape index (κ1) is 14.3. The van der Waals surface area contributed by atoms with Gasteiger partial charge in [0.25, 0.3) is 11.1 Å². The number of nitrogens with one attached hydrogen (secondary N) is 1. The highest BCUT2D eigenvalue weighted by molar-refractivity contribution is 9.10. The third kappa shape index (κ3) is 3.47. The van der Waals surface area contributed by atoms with E-state index in [9.17, 15) is 14.4 Å². The Morgan fingerprint density at radius 3 is 2.75 bits per heavy atom.